The highest BCUT2D eigenvalue weighted by Gasteiger charge is 2.15. The summed E-state index contributed by atoms with van der Waals surface area (Å²) >= 11 is 0. The number of carbonyl (C=O) groups is 1. The molecule has 0 fully saturated rings. The lowest BCUT2D eigenvalue weighted by atomic mass is 9.87. The van der Waals surface area contributed by atoms with Gasteiger partial charge in [0.15, 0.2) is 0 Å². The number of carbonyl (C=O) groups excluding carboxylic acids is 1. The molecule has 0 saturated carbocycles. The maximum atomic E-state index is 12.1. The Morgan fingerprint density at radius 1 is 1.11 bits per heavy atom. The third kappa shape index (κ3) is 4.68. The molecule has 0 aliphatic rings. The van der Waals surface area contributed by atoms with Gasteiger partial charge in [-0.1, -0.05) is 62.3 Å². The largest absolute Gasteiger partial charge is 0.495 e. The number of hydrogen-bond acceptors (Lipinski definition) is 5. The van der Waals surface area contributed by atoms with Crippen LogP contribution in [-0.2, 0) is 12.0 Å². The summed E-state index contributed by atoms with van der Waals surface area (Å²) in [5.41, 5.74) is 2.75. The van der Waals surface area contributed by atoms with E-state index in [1.807, 2.05) is 24.3 Å². The highest BCUT2D eigenvalue weighted by atomic mass is 16.5. The Kier molecular flexibility index (Phi) is 5.63. The Morgan fingerprint density at radius 3 is 2.50 bits per heavy atom. The van der Waals surface area contributed by atoms with Gasteiger partial charge in [-0.15, -0.1) is 0 Å². The van der Waals surface area contributed by atoms with E-state index in [1.165, 1.54) is 5.56 Å². The molecule has 0 bridgehead atoms. The second-order valence-corrected chi connectivity index (χ2v) is 7.35. The van der Waals surface area contributed by atoms with Gasteiger partial charge in [0.25, 0.3) is 0 Å². The van der Waals surface area contributed by atoms with Crippen LogP contribution in [0.2, 0.25) is 0 Å². The fourth-order valence-corrected chi connectivity index (χ4v) is 2.63. The van der Waals surface area contributed by atoms with E-state index in [4.69, 9.17) is 9.26 Å². The lowest BCUT2D eigenvalue weighted by Gasteiger charge is -2.18. The van der Waals surface area contributed by atoms with Gasteiger partial charge in [-0.3, -0.25) is 0 Å². The molecule has 7 heteroatoms. The summed E-state index contributed by atoms with van der Waals surface area (Å²) in [4.78, 5) is 16.4. The second kappa shape index (κ2) is 8.12. The highest BCUT2D eigenvalue weighted by Crippen LogP contribution is 2.25. The molecule has 1 heterocycles. The van der Waals surface area contributed by atoms with Crippen LogP contribution in [-0.4, -0.2) is 23.3 Å². The third-order valence-electron chi connectivity index (χ3n) is 4.23. The average molecular weight is 380 g/mol. The zero-order valence-electron chi connectivity index (χ0n) is 16.4. The molecule has 28 heavy (non-hydrogen) atoms. The quantitative estimate of drug-likeness (QED) is 0.686. The van der Waals surface area contributed by atoms with Crippen molar-refractivity contribution < 1.29 is 14.1 Å². The number of nitrogens with one attached hydrogen (secondary N) is 2. The first kappa shape index (κ1) is 19.4. The minimum absolute atomic E-state index is 0.0830. The first-order valence-corrected chi connectivity index (χ1v) is 8.98. The first-order valence-electron chi connectivity index (χ1n) is 8.98. The summed E-state index contributed by atoms with van der Waals surface area (Å²) in [5, 5.41) is 9.41. The molecule has 3 aromatic rings. The van der Waals surface area contributed by atoms with Crippen molar-refractivity contribution in [1.29, 1.82) is 0 Å². The number of rotatable bonds is 5. The Labute approximate surface area is 164 Å². The Balaban J connectivity index is 1.59. The zero-order valence-corrected chi connectivity index (χ0v) is 16.4. The van der Waals surface area contributed by atoms with Crippen molar-refractivity contribution in [3.63, 3.8) is 0 Å². The number of methoxy groups -OCH3 is 1. The molecule has 146 valence electrons. The lowest BCUT2D eigenvalue weighted by molar-refractivity contribution is 0.249. The zero-order chi connectivity index (χ0) is 20.1. The van der Waals surface area contributed by atoms with Gasteiger partial charge in [-0.25, -0.2) is 4.79 Å². The van der Waals surface area contributed by atoms with Crippen molar-refractivity contribution >= 4 is 11.7 Å². The molecular weight excluding hydrogens is 356 g/mol. The van der Waals surface area contributed by atoms with E-state index in [0.29, 0.717) is 23.2 Å². The van der Waals surface area contributed by atoms with E-state index in [-0.39, 0.29) is 12.0 Å². The van der Waals surface area contributed by atoms with Gasteiger partial charge in [-0.2, -0.15) is 4.98 Å². The van der Waals surface area contributed by atoms with E-state index < -0.39 is 6.03 Å². The summed E-state index contributed by atoms with van der Waals surface area (Å²) in [5.74, 6) is 1.39. The monoisotopic (exact) mass is 380 g/mol. The van der Waals surface area contributed by atoms with E-state index in [1.54, 1.807) is 19.2 Å². The number of ether oxygens (including phenoxy) is 1. The number of benzene rings is 2. The van der Waals surface area contributed by atoms with Crippen LogP contribution < -0.4 is 15.4 Å². The minimum Gasteiger partial charge on any atom is -0.495 e. The van der Waals surface area contributed by atoms with E-state index >= 15 is 0 Å². The third-order valence-corrected chi connectivity index (χ3v) is 4.23. The van der Waals surface area contributed by atoms with Gasteiger partial charge in [-0.05, 0) is 23.1 Å². The van der Waals surface area contributed by atoms with Crippen molar-refractivity contribution in [2.75, 3.05) is 12.4 Å². The molecule has 0 atom stereocenters. The number of para-hydroxylation sites is 2. The summed E-state index contributed by atoms with van der Waals surface area (Å²) in [6.07, 6.45) is 0. The molecular formula is C21H24N4O3. The fourth-order valence-electron chi connectivity index (χ4n) is 2.63. The van der Waals surface area contributed by atoms with Gasteiger partial charge in [0, 0.05) is 5.56 Å². The molecule has 2 N–H and O–H groups in total. The maximum Gasteiger partial charge on any atom is 0.319 e. The van der Waals surface area contributed by atoms with Gasteiger partial charge in [0.1, 0.15) is 5.75 Å². The number of urea groups is 1. The SMILES string of the molecule is COc1ccccc1NC(=O)NCc1nc(-c2ccc(C(C)(C)C)cc2)no1. The van der Waals surface area contributed by atoms with E-state index in [2.05, 4.69) is 53.7 Å². The molecule has 2 aromatic carbocycles. The van der Waals surface area contributed by atoms with Crippen molar-refractivity contribution in [1.82, 2.24) is 15.5 Å². The van der Waals surface area contributed by atoms with Crippen molar-refractivity contribution in [3.05, 3.63) is 60.0 Å². The first-order chi connectivity index (χ1) is 13.4. The smallest absolute Gasteiger partial charge is 0.319 e. The predicted molar refractivity (Wildman–Crippen MR) is 107 cm³/mol. The average Bonchev–Trinajstić information content (AvgIpc) is 3.15. The molecule has 0 spiro atoms. The number of hydrogen-bond donors (Lipinski definition) is 2. The van der Waals surface area contributed by atoms with Gasteiger partial charge >= 0.3 is 6.03 Å². The summed E-state index contributed by atoms with van der Waals surface area (Å²) in [6, 6.07) is 14.8. The number of nitrogens with zero attached hydrogens (tertiary/aromatic N) is 2. The summed E-state index contributed by atoms with van der Waals surface area (Å²) in [7, 11) is 1.55. The molecule has 0 unspecified atom stereocenters. The van der Waals surface area contributed by atoms with Crippen LogP contribution in [0.1, 0.15) is 32.2 Å². The van der Waals surface area contributed by atoms with E-state index in [0.717, 1.165) is 5.56 Å². The topological polar surface area (TPSA) is 89.3 Å². The number of amides is 2. The van der Waals surface area contributed by atoms with Crippen LogP contribution in [0.25, 0.3) is 11.4 Å². The molecule has 0 aliphatic heterocycles. The highest BCUT2D eigenvalue weighted by molar-refractivity contribution is 5.90. The van der Waals surface area contributed by atoms with Crippen LogP contribution >= 0.6 is 0 Å². The normalized spacial score (nSPS) is 11.1. The Hall–Kier alpha value is -3.35. The van der Waals surface area contributed by atoms with Crippen molar-refractivity contribution in [2.24, 2.45) is 0 Å². The van der Waals surface area contributed by atoms with Gasteiger partial charge in [0.2, 0.25) is 11.7 Å². The summed E-state index contributed by atoms with van der Waals surface area (Å²) in [6.45, 7) is 6.61. The molecule has 0 radical (unpaired) electrons. The molecule has 0 saturated heterocycles. The predicted octanol–water partition coefficient (Wildman–Crippen LogP) is 4.36. The van der Waals surface area contributed by atoms with Crippen LogP contribution in [0.5, 0.6) is 5.75 Å². The Morgan fingerprint density at radius 2 is 1.82 bits per heavy atom. The fraction of sp³-hybridized carbons (Fsp3) is 0.286. The van der Waals surface area contributed by atoms with Crippen LogP contribution in [0, 0.1) is 0 Å². The van der Waals surface area contributed by atoms with Crippen LogP contribution in [0.4, 0.5) is 10.5 Å². The minimum atomic E-state index is -0.390. The molecule has 0 aliphatic carbocycles. The maximum absolute atomic E-state index is 12.1. The van der Waals surface area contributed by atoms with Gasteiger partial charge in [0.05, 0.1) is 19.3 Å². The molecule has 1 aromatic heterocycles. The summed E-state index contributed by atoms with van der Waals surface area (Å²) < 4.78 is 10.4. The molecule has 2 amide bonds. The number of aromatic nitrogens is 2. The standard InChI is InChI=1S/C21H24N4O3/c1-21(2,3)15-11-9-14(10-12-15)19-24-18(28-25-19)13-22-20(26)23-16-7-5-6-8-17(16)27-4/h5-12H,13H2,1-4H3,(H2,22,23,26). The lowest BCUT2D eigenvalue weighted by Crippen LogP contribution is -2.28. The van der Waals surface area contributed by atoms with Crippen molar-refractivity contribution in [3.8, 4) is 17.1 Å². The van der Waals surface area contributed by atoms with E-state index in [9.17, 15) is 4.79 Å². The van der Waals surface area contributed by atoms with Gasteiger partial charge < -0.3 is 19.9 Å². The Bertz CT molecular complexity index is 943. The molecule has 3 rings (SSSR count). The number of anilines is 1. The van der Waals surface area contributed by atoms with Crippen LogP contribution in [0.3, 0.4) is 0 Å². The van der Waals surface area contributed by atoms with Crippen molar-refractivity contribution in [2.45, 2.75) is 32.7 Å². The molecule has 7 nitrogen and oxygen atoms in total. The second-order valence-electron chi connectivity index (χ2n) is 7.35. The van der Waals surface area contributed by atoms with Crippen LogP contribution in [0.15, 0.2) is 53.1 Å².